The average Bonchev–Trinajstić information content (AvgIpc) is 2.39. The molecule has 0 radical (unpaired) electrons. The second kappa shape index (κ2) is 2.69. The number of rotatable bonds is 1. The van der Waals surface area contributed by atoms with Crippen LogP contribution < -0.4 is 0 Å². The van der Waals surface area contributed by atoms with E-state index < -0.39 is 5.79 Å². The SMILES string of the molecule is CC[C@@H]1[C@@H]2OC(C)(C)OC2C=[N+]1[O-]. The molecule has 0 aromatic carbocycles. The molecule has 1 unspecified atom stereocenters. The lowest BCUT2D eigenvalue weighted by Crippen LogP contribution is -2.33. The molecule has 2 aliphatic rings. The Morgan fingerprint density at radius 3 is 2.77 bits per heavy atom. The Morgan fingerprint density at radius 2 is 2.15 bits per heavy atom. The molecular formula is C9H15NO3. The van der Waals surface area contributed by atoms with E-state index in [1.807, 2.05) is 20.8 Å². The van der Waals surface area contributed by atoms with Crippen molar-refractivity contribution in [3.63, 3.8) is 0 Å². The number of fused-ring (bicyclic) bond motifs is 1. The maximum atomic E-state index is 11.3. The average molecular weight is 185 g/mol. The van der Waals surface area contributed by atoms with Crippen LogP contribution in [0.1, 0.15) is 27.2 Å². The fraction of sp³-hybridized carbons (Fsp3) is 0.889. The molecule has 1 saturated heterocycles. The molecule has 0 aliphatic carbocycles. The second-order valence-electron chi connectivity index (χ2n) is 4.05. The highest BCUT2D eigenvalue weighted by atomic mass is 16.8. The second-order valence-corrected chi connectivity index (χ2v) is 4.05. The van der Waals surface area contributed by atoms with E-state index in [0.717, 1.165) is 11.2 Å². The molecule has 2 heterocycles. The Balaban J connectivity index is 2.18. The van der Waals surface area contributed by atoms with E-state index in [1.54, 1.807) is 6.21 Å². The van der Waals surface area contributed by atoms with Crippen LogP contribution in [0.2, 0.25) is 0 Å². The zero-order valence-electron chi connectivity index (χ0n) is 8.19. The largest absolute Gasteiger partial charge is 0.624 e. The normalized spacial score (nSPS) is 41.8. The molecule has 4 heteroatoms. The van der Waals surface area contributed by atoms with E-state index in [4.69, 9.17) is 9.47 Å². The summed E-state index contributed by atoms with van der Waals surface area (Å²) in [6.45, 7) is 5.74. The molecule has 4 nitrogen and oxygen atoms in total. The van der Waals surface area contributed by atoms with E-state index in [2.05, 4.69) is 0 Å². The molecule has 0 bridgehead atoms. The third-order valence-corrected chi connectivity index (χ3v) is 2.58. The van der Waals surface area contributed by atoms with Gasteiger partial charge < -0.3 is 14.7 Å². The topological polar surface area (TPSA) is 44.5 Å². The van der Waals surface area contributed by atoms with Crippen LogP contribution in [0.4, 0.5) is 0 Å². The number of hydrogen-bond acceptors (Lipinski definition) is 3. The van der Waals surface area contributed by atoms with Crippen molar-refractivity contribution in [2.75, 3.05) is 0 Å². The van der Waals surface area contributed by atoms with Gasteiger partial charge in [0.2, 0.25) is 0 Å². The van der Waals surface area contributed by atoms with Crippen molar-refractivity contribution in [3.05, 3.63) is 5.21 Å². The number of hydroxylamine groups is 1. The predicted molar refractivity (Wildman–Crippen MR) is 47.6 cm³/mol. The smallest absolute Gasteiger partial charge is 0.191 e. The molecule has 0 aromatic heterocycles. The summed E-state index contributed by atoms with van der Waals surface area (Å²) in [5.41, 5.74) is 0. The minimum Gasteiger partial charge on any atom is -0.624 e. The number of nitrogens with zero attached hydrogens (tertiary/aromatic N) is 1. The van der Waals surface area contributed by atoms with Crippen molar-refractivity contribution in [2.24, 2.45) is 0 Å². The van der Waals surface area contributed by atoms with Crippen molar-refractivity contribution >= 4 is 6.21 Å². The Labute approximate surface area is 77.7 Å². The summed E-state index contributed by atoms with van der Waals surface area (Å²) < 4.78 is 12.2. The summed E-state index contributed by atoms with van der Waals surface area (Å²) in [5, 5.41) is 11.3. The van der Waals surface area contributed by atoms with Gasteiger partial charge in [0.15, 0.2) is 30.3 Å². The van der Waals surface area contributed by atoms with Crippen LogP contribution in [-0.4, -0.2) is 35.0 Å². The fourth-order valence-corrected chi connectivity index (χ4v) is 2.04. The Morgan fingerprint density at radius 1 is 1.46 bits per heavy atom. The monoisotopic (exact) mass is 185 g/mol. The van der Waals surface area contributed by atoms with E-state index >= 15 is 0 Å². The van der Waals surface area contributed by atoms with Crippen LogP contribution in [0, 0.1) is 5.21 Å². The van der Waals surface area contributed by atoms with E-state index in [9.17, 15) is 5.21 Å². The first-order chi connectivity index (χ1) is 6.03. The van der Waals surface area contributed by atoms with Crippen molar-refractivity contribution in [1.29, 1.82) is 0 Å². The molecule has 1 fully saturated rings. The third kappa shape index (κ3) is 1.34. The molecule has 74 valence electrons. The van der Waals surface area contributed by atoms with Gasteiger partial charge in [-0.3, -0.25) is 0 Å². The lowest BCUT2D eigenvalue weighted by atomic mass is 10.1. The maximum Gasteiger partial charge on any atom is 0.191 e. The highest BCUT2D eigenvalue weighted by Gasteiger charge is 2.52. The van der Waals surface area contributed by atoms with Crippen LogP contribution in [0.5, 0.6) is 0 Å². The standard InChI is InChI=1S/C9H15NO3/c1-4-6-8-7(5-10(6)11)12-9(2,3)13-8/h5-8H,4H2,1-3H3/t6-,7?,8+/m1/s1. The van der Waals surface area contributed by atoms with Gasteiger partial charge in [0.05, 0.1) is 0 Å². The van der Waals surface area contributed by atoms with Gasteiger partial charge in [-0.1, -0.05) is 6.92 Å². The van der Waals surface area contributed by atoms with Crippen LogP contribution >= 0.6 is 0 Å². The van der Waals surface area contributed by atoms with Gasteiger partial charge in [0.25, 0.3) is 0 Å². The first kappa shape index (κ1) is 8.97. The fourth-order valence-electron chi connectivity index (χ4n) is 2.04. The Bertz CT molecular complexity index is 249. The molecule has 0 saturated carbocycles. The van der Waals surface area contributed by atoms with Gasteiger partial charge in [-0.2, -0.15) is 0 Å². The van der Waals surface area contributed by atoms with Crippen molar-refractivity contribution in [3.8, 4) is 0 Å². The number of hydrogen-bond donors (Lipinski definition) is 0. The molecule has 0 amide bonds. The molecular weight excluding hydrogens is 170 g/mol. The van der Waals surface area contributed by atoms with E-state index in [-0.39, 0.29) is 18.2 Å². The summed E-state index contributed by atoms with van der Waals surface area (Å²) in [5.74, 6) is -0.541. The van der Waals surface area contributed by atoms with Crippen LogP contribution in [0.25, 0.3) is 0 Å². The Kier molecular flexibility index (Phi) is 1.85. The van der Waals surface area contributed by atoms with E-state index in [0.29, 0.717) is 0 Å². The highest BCUT2D eigenvalue weighted by molar-refractivity contribution is 5.61. The van der Waals surface area contributed by atoms with Crippen molar-refractivity contribution in [2.45, 2.75) is 51.2 Å². The maximum absolute atomic E-state index is 11.3. The minimum atomic E-state index is -0.541. The summed E-state index contributed by atoms with van der Waals surface area (Å²) in [4.78, 5) is 0. The highest BCUT2D eigenvalue weighted by Crippen LogP contribution is 2.33. The molecule has 13 heavy (non-hydrogen) atoms. The van der Waals surface area contributed by atoms with Gasteiger partial charge in [0.1, 0.15) is 0 Å². The van der Waals surface area contributed by atoms with Gasteiger partial charge in [-0.05, 0) is 13.8 Å². The van der Waals surface area contributed by atoms with Gasteiger partial charge in [0, 0.05) is 6.42 Å². The molecule has 2 aliphatic heterocycles. The van der Waals surface area contributed by atoms with Crippen molar-refractivity contribution < 1.29 is 14.2 Å². The summed E-state index contributed by atoms with van der Waals surface area (Å²) in [6, 6.07) is -0.0771. The van der Waals surface area contributed by atoms with E-state index in [1.165, 1.54) is 0 Å². The minimum absolute atomic E-state index is 0.0771. The molecule has 0 spiro atoms. The van der Waals surface area contributed by atoms with Gasteiger partial charge >= 0.3 is 0 Å². The third-order valence-electron chi connectivity index (χ3n) is 2.58. The van der Waals surface area contributed by atoms with Crippen LogP contribution in [0.3, 0.4) is 0 Å². The zero-order valence-corrected chi connectivity index (χ0v) is 8.19. The lowest BCUT2D eigenvalue weighted by Gasteiger charge is -2.20. The quantitative estimate of drug-likeness (QED) is 0.450. The first-order valence-electron chi connectivity index (χ1n) is 4.69. The molecule has 3 atom stereocenters. The van der Waals surface area contributed by atoms with Crippen LogP contribution in [-0.2, 0) is 9.47 Å². The van der Waals surface area contributed by atoms with Gasteiger partial charge in [-0.25, -0.2) is 4.74 Å². The van der Waals surface area contributed by atoms with Gasteiger partial charge in [-0.15, -0.1) is 0 Å². The van der Waals surface area contributed by atoms with Crippen molar-refractivity contribution in [1.82, 2.24) is 0 Å². The first-order valence-corrected chi connectivity index (χ1v) is 4.69. The molecule has 0 aromatic rings. The predicted octanol–water partition coefficient (Wildman–Crippen LogP) is 0.880. The lowest BCUT2D eigenvalue weighted by molar-refractivity contribution is -0.501. The summed E-state index contributed by atoms with van der Waals surface area (Å²) in [6.07, 6.45) is 2.13. The summed E-state index contributed by atoms with van der Waals surface area (Å²) in [7, 11) is 0. The zero-order chi connectivity index (χ0) is 9.64. The number of ether oxygens (including phenoxy) is 2. The summed E-state index contributed by atoms with van der Waals surface area (Å²) >= 11 is 0. The molecule has 0 N–H and O–H groups in total. The Hall–Kier alpha value is -0.610. The van der Waals surface area contributed by atoms with Crippen LogP contribution in [0.15, 0.2) is 0 Å². The molecule has 2 rings (SSSR count).